The van der Waals surface area contributed by atoms with Crippen molar-refractivity contribution >= 4 is 17.6 Å². The maximum atomic E-state index is 13.7. The van der Waals surface area contributed by atoms with Gasteiger partial charge in [0.25, 0.3) is 0 Å². The molecule has 0 radical (unpaired) electrons. The number of aliphatic imine (C=N–C) groups is 1. The molecule has 2 unspecified atom stereocenters. The molecule has 104 valence electrons. The van der Waals surface area contributed by atoms with Crippen LogP contribution in [-0.4, -0.2) is 18.5 Å². The predicted molar refractivity (Wildman–Crippen MR) is 77.0 cm³/mol. The molecule has 0 spiro atoms. The fourth-order valence-electron chi connectivity index (χ4n) is 2.06. The summed E-state index contributed by atoms with van der Waals surface area (Å²) in [4.78, 5) is 4.23. The Hall–Kier alpha value is -1.29. The van der Waals surface area contributed by atoms with Crippen molar-refractivity contribution in [3.05, 3.63) is 34.6 Å². The summed E-state index contributed by atoms with van der Waals surface area (Å²) in [5.41, 5.74) is 6.37. The van der Waals surface area contributed by atoms with Crippen molar-refractivity contribution < 1.29 is 4.39 Å². The molecule has 1 saturated carbocycles. The number of guanidine groups is 1. The van der Waals surface area contributed by atoms with Gasteiger partial charge in [0, 0.05) is 29.1 Å². The minimum Gasteiger partial charge on any atom is -0.370 e. The normalized spacial score (nSPS) is 22.7. The number of rotatable bonds is 4. The molecule has 2 rings (SSSR count). The molecule has 0 amide bonds. The molecule has 0 heterocycles. The number of hydrogen-bond donors (Lipinski definition) is 2. The number of halogens is 2. The third-order valence-electron chi connectivity index (χ3n) is 3.12. The largest absolute Gasteiger partial charge is 0.370 e. The minimum absolute atomic E-state index is 0.0847. The molecule has 2 atom stereocenters. The summed E-state index contributed by atoms with van der Waals surface area (Å²) in [6.07, 6.45) is 0.832. The fourth-order valence-corrected chi connectivity index (χ4v) is 2.36. The van der Waals surface area contributed by atoms with Gasteiger partial charge in [0.05, 0.1) is 0 Å². The van der Waals surface area contributed by atoms with Crippen LogP contribution >= 0.6 is 11.6 Å². The highest BCUT2D eigenvalue weighted by Crippen LogP contribution is 2.44. The lowest BCUT2D eigenvalue weighted by Crippen LogP contribution is -2.34. The molecule has 1 aliphatic rings. The molecule has 0 aliphatic heterocycles. The summed E-state index contributed by atoms with van der Waals surface area (Å²) in [6.45, 7) is 4.85. The van der Waals surface area contributed by atoms with Crippen LogP contribution in [0.1, 0.15) is 31.7 Å². The smallest absolute Gasteiger partial charge is 0.188 e. The summed E-state index contributed by atoms with van der Waals surface area (Å²) < 4.78 is 13.7. The molecule has 1 fully saturated rings. The number of benzene rings is 1. The number of nitrogens with two attached hydrogens (primary N) is 1. The first-order valence-corrected chi connectivity index (χ1v) is 6.87. The van der Waals surface area contributed by atoms with Crippen molar-refractivity contribution in [3.63, 3.8) is 0 Å². The average molecular weight is 284 g/mol. The van der Waals surface area contributed by atoms with E-state index in [1.165, 1.54) is 6.07 Å². The summed E-state index contributed by atoms with van der Waals surface area (Å²) >= 11 is 6.04. The first-order chi connectivity index (χ1) is 8.99. The van der Waals surface area contributed by atoms with E-state index in [4.69, 9.17) is 17.3 Å². The van der Waals surface area contributed by atoms with Crippen LogP contribution in [0.3, 0.4) is 0 Å². The third kappa shape index (κ3) is 3.60. The molecule has 0 aromatic heterocycles. The van der Waals surface area contributed by atoms with E-state index >= 15 is 0 Å². The summed E-state index contributed by atoms with van der Waals surface area (Å²) in [7, 11) is 0. The minimum atomic E-state index is -0.250. The second kappa shape index (κ2) is 5.78. The third-order valence-corrected chi connectivity index (χ3v) is 3.45. The first-order valence-electron chi connectivity index (χ1n) is 6.49. The first kappa shape index (κ1) is 14.1. The fraction of sp³-hybridized carbons (Fsp3) is 0.500. The molecule has 0 bridgehead atoms. The van der Waals surface area contributed by atoms with Crippen LogP contribution in [-0.2, 0) is 0 Å². The van der Waals surface area contributed by atoms with Crippen molar-refractivity contribution in [3.8, 4) is 0 Å². The van der Waals surface area contributed by atoms with Gasteiger partial charge in [-0.2, -0.15) is 0 Å². The van der Waals surface area contributed by atoms with Gasteiger partial charge in [-0.15, -0.1) is 0 Å². The highest BCUT2D eigenvalue weighted by atomic mass is 35.5. The molecule has 5 heteroatoms. The molecule has 1 aromatic rings. The van der Waals surface area contributed by atoms with Crippen molar-refractivity contribution in [1.29, 1.82) is 0 Å². The van der Waals surface area contributed by atoms with Gasteiger partial charge in [0.1, 0.15) is 5.82 Å². The number of nitrogens with zero attached hydrogens (tertiary/aromatic N) is 1. The highest BCUT2D eigenvalue weighted by Gasteiger charge is 2.41. The standard InChI is InChI=1S/C14H19ClFN3/c1-8(2)7-18-14(17)19-12-6-9(12)13-10(15)4-3-5-11(13)16/h3-5,8-9,12H,6-7H2,1-2H3,(H3,17,18,19). The Morgan fingerprint density at radius 1 is 1.58 bits per heavy atom. The van der Waals surface area contributed by atoms with E-state index in [1.807, 2.05) is 0 Å². The predicted octanol–water partition coefficient (Wildman–Crippen LogP) is 2.90. The van der Waals surface area contributed by atoms with Crippen LogP contribution in [0.2, 0.25) is 5.02 Å². The van der Waals surface area contributed by atoms with Crippen molar-refractivity contribution in [2.24, 2.45) is 16.6 Å². The van der Waals surface area contributed by atoms with Crippen LogP contribution in [0.25, 0.3) is 0 Å². The van der Waals surface area contributed by atoms with E-state index in [0.717, 1.165) is 6.42 Å². The van der Waals surface area contributed by atoms with Gasteiger partial charge in [-0.05, 0) is 24.5 Å². The van der Waals surface area contributed by atoms with Gasteiger partial charge in [0.2, 0.25) is 0 Å². The Morgan fingerprint density at radius 2 is 2.32 bits per heavy atom. The zero-order chi connectivity index (χ0) is 14.0. The van der Waals surface area contributed by atoms with Gasteiger partial charge in [-0.1, -0.05) is 31.5 Å². The van der Waals surface area contributed by atoms with Crippen LogP contribution in [0.5, 0.6) is 0 Å². The van der Waals surface area contributed by atoms with Crippen LogP contribution in [0.15, 0.2) is 23.2 Å². The molecular weight excluding hydrogens is 265 g/mol. The average Bonchev–Trinajstić information content (AvgIpc) is 3.05. The van der Waals surface area contributed by atoms with E-state index in [1.54, 1.807) is 12.1 Å². The van der Waals surface area contributed by atoms with Crippen molar-refractivity contribution in [1.82, 2.24) is 5.32 Å². The maximum absolute atomic E-state index is 13.7. The van der Waals surface area contributed by atoms with Crippen LogP contribution in [0.4, 0.5) is 4.39 Å². The quantitative estimate of drug-likeness (QED) is 0.659. The van der Waals surface area contributed by atoms with Gasteiger partial charge in [0.15, 0.2) is 5.96 Å². The second-order valence-electron chi connectivity index (χ2n) is 5.35. The topological polar surface area (TPSA) is 50.4 Å². The highest BCUT2D eigenvalue weighted by molar-refractivity contribution is 6.31. The van der Waals surface area contributed by atoms with Crippen molar-refractivity contribution in [2.45, 2.75) is 32.2 Å². The van der Waals surface area contributed by atoms with E-state index in [2.05, 4.69) is 24.2 Å². The van der Waals surface area contributed by atoms with E-state index < -0.39 is 0 Å². The molecule has 1 aromatic carbocycles. The monoisotopic (exact) mass is 283 g/mol. The molecule has 19 heavy (non-hydrogen) atoms. The Bertz CT molecular complexity index is 467. The Labute approximate surface area is 118 Å². The van der Waals surface area contributed by atoms with Crippen LogP contribution in [0, 0.1) is 11.7 Å². The van der Waals surface area contributed by atoms with Gasteiger partial charge in [-0.25, -0.2) is 4.39 Å². The Morgan fingerprint density at radius 3 is 2.95 bits per heavy atom. The SMILES string of the molecule is CC(C)CN=C(N)NC1CC1c1c(F)cccc1Cl. The summed E-state index contributed by atoms with van der Waals surface area (Å²) in [6, 6.07) is 4.90. The maximum Gasteiger partial charge on any atom is 0.188 e. The van der Waals surface area contributed by atoms with Crippen molar-refractivity contribution in [2.75, 3.05) is 6.54 Å². The Balaban J connectivity index is 1.96. The van der Waals surface area contributed by atoms with E-state index in [9.17, 15) is 4.39 Å². The van der Waals surface area contributed by atoms with Crippen LogP contribution < -0.4 is 11.1 Å². The lowest BCUT2D eigenvalue weighted by Gasteiger charge is -2.08. The molecule has 3 nitrogen and oxygen atoms in total. The number of nitrogens with one attached hydrogen (secondary N) is 1. The van der Waals surface area contributed by atoms with E-state index in [0.29, 0.717) is 29.0 Å². The van der Waals surface area contributed by atoms with Gasteiger partial charge < -0.3 is 11.1 Å². The molecule has 3 N–H and O–H groups in total. The lowest BCUT2D eigenvalue weighted by molar-refractivity contribution is 0.608. The zero-order valence-electron chi connectivity index (χ0n) is 11.2. The van der Waals surface area contributed by atoms with E-state index in [-0.39, 0.29) is 17.8 Å². The molecule has 0 saturated heterocycles. The van der Waals surface area contributed by atoms with Gasteiger partial charge in [-0.3, -0.25) is 4.99 Å². The molecular formula is C14H19ClFN3. The number of hydrogen-bond acceptors (Lipinski definition) is 1. The Kier molecular flexibility index (Phi) is 4.30. The second-order valence-corrected chi connectivity index (χ2v) is 5.76. The summed E-state index contributed by atoms with van der Waals surface area (Å²) in [5, 5.41) is 3.59. The summed E-state index contributed by atoms with van der Waals surface area (Å²) in [5.74, 6) is 0.728. The molecule has 1 aliphatic carbocycles. The zero-order valence-corrected chi connectivity index (χ0v) is 11.9. The van der Waals surface area contributed by atoms with Gasteiger partial charge >= 0.3 is 0 Å². The lowest BCUT2D eigenvalue weighted by atomic mass is 10.1.